The summed E-state index contributed by atoms with van der Waals surface area (Å²) in [6.07, 6.45) is 0. The van der Waals surface area contributed by atoms with E-state index in [9.17, 15) is 5.26 Å². The lowest BCUT2D eigenvalue weighted by atomic mass is 9.34. The maximum atomic E-state index is 10.5. The molecule has 0 N–H and O–H groups in total. The third kappa shape index (κ3) is 5.72. The summed E-state index contributed by atoms with van der Waals surface area (Å²) in [5.74, 6) is 3.31. The van der Waals surface area contributed by atoms with Gasteiger partial charge in [0.2, 0.25) is 0 Å². The molecule has 0 amide bonds. The van der Waals surface area contributed by atoms with Crippen LogP contribution in [-0.4, -0.2) is 6.71 Å². The molecule has 8 aromatic rings. The molecule has 0 saturated heterocycles. The fourth-order valence-corrected chi connectivity index (χ4v) is 8.95. The second-order valence-corrected chi connectivity index (χ2v) is 17.6. The molecule has 0 atom stereocenters. The van der Waals surface area contributed by atoms with Crippen molar-refractivity contribution in [2.24, 2.45) is 0 Å². The third-order valence-corrected chi connectivity index (χ3v) is 11.9. The van der Waals surface area contributed by atoms with Gasteiger partial charge in [-0.1, -0.05) is 145 Å². The minimum absolute atomic E-state index is 0.0390. The van der Waals surface area contributed by atoms with Gasteiger partial charge in [0, 0.05) is 5.46 Å². The molecule has 10 rings (SSSR count). The van der Waals surface area contributed by atoms with E-state index in [2.05, 4.69) is 181 Å². The zero-order valence-electron chi connectivity index (χ0n) is 33.2. The van der Waals surface area contributed by atoms with Gasteiger partial charge in [0.05, 0.1) is 11.6 Å². The Bertz CT molecular complexity index is 2850. The molecular formula is C53H42BNO2. The number of hydrogen-bond donors (Lipinski definition) is 0. The van der Waals surface area contributed by atoms with Gasteiger partial charge in [-0.3, -0.25) is 0 Å². The van der Waals surface area contributed by atoms with E-state index in [1.807, 2.05) is 12.1 Å². The summed E-state index contributed by atoms with van der Waals surface area (Å²) in [6.45, 7) is 13.4. The van der Waals surface area contributed by atoms with Crippen molar-refractivity contribution in [3.8, 4) is 62.4 Å². The predicted octanol–water partition coefficient (Wildman–Crippen LogP) is 12.2. The first-order chi connectivity index (χ1) is 27.5. The van der Waals surface area contributed by atoms with Gasteiger partial charge in [0.1, 0.15) is 23.0 Å². The highest BCUT2D eigenvalue weighted by Gasteiger charge is 2.41. The molecule has 0 unspecified atom stereocenters. The van der Waals surface area contributed by atoms with Crippen LogP contribution in [0.2, 0.25) is 0 Å². The van der Waals surface area contributed by atoms with Gasteiger partial charge in [0.25, 0.3) is 6.71 Å². The SMILES string of the molecule is CC(C)(C)c1ccc2c(c1)Oc1cc(-c3cc(C#N)cc(-c4c5ccccc5c(-c5ccccc5)c5ccccc45)c3)cc3c1B2c1ccc(C(C)(C)C)cc1O3. The van der Waals surface area contributed by atoms with Crippen LogP contribution in [0.15, 0.2) is 146 Å². The van der Waals surface area contributed by atoms with Crippen molar-refractivity contribution >= 4 is 44.6 Å². The maximum Gasteiger partial charge on any atom is 0.260 e. The minimum atomic E-state index is -0.0403. The van der Waals surface area contributed by atoms with Crippen LogP contribution >= 0.6 is 0 Å². The van der Waals surface area contributed by atoms with Crippen molar-refractivity contribution in [3.05, 3.63) is 162 Å². The van der Waals surface area contributed by atoms with Crippen LogP contribution in [-0.2, 0) is 10.8 Å². The van der Waals surface area contributed by atoms with E-state index in [-0.39, 0.29) is 17.5 Å². The lowest BCUT2D eigenvalue weighted by Crippen LogP contribution is -2.57. The summed E-state index contributed by atoms with van der Waals surface area (Å²) in [5.41, 5.74) is 12.6. The third-order valence-electron chi connectivity index (χ3n) is 11.9. The van der Waals surface area contributed by atoms with Gasteiger partial charge in [0.15, 0.2) is 0 Å². The zero-order chi connectivity index (χ0) is 39.2. The molecule has 0 aliphatic carbocycles. The Morgan fingerprint density at radius 3 is 1.35 bits per heavy atom. The van der Waals surface area contributed by atoms with Crippen LogP contribution in [0.1, 0.15) is 58.2 Å². The van der Waals surface area contributed by atoms with Crippen LogP contribution in [0.4, 0.5) is 0 Å². The average molecular weight is 736 g/mol. The van der Waals surface area contributed by atoms with Crippen LogP contribution in [0.3, 0.4) is 0 Å². The van der Waals surface area contributed by atoms with Crippen molar-refractivity contribution in [2.45, 2.75) is 52.4 Å². The molecule has 2 aliphatic rings. The Morgan fingerprint density at radius 1 is 0.439 bits per heavy atom. The smallest absolute Gasteiger partial charge is 0.260 e. The zero-order valence-corrected chi connectivity index (χ0v) is 33.2. The van der Waals surface area contributed by atoms with Gasteiger partial charge >= 0.3 is 0 Å². The van der Waals surface area contributed by atoms with Crippen LogP contribution in [0, 0.1) is 11.3 Å². The van der Waals surface area contributed by atoms with Gasteiger partial charge in [-0.2, -0.15) is 5.26 Å². The molecule has 4 heteroatoms. The number of benzene rings is 8. The molecule has 2 aliphatic heterocycles. The number of ether oxygens (including phenoxy) is 2. The fraction of sp³-hybridized carbons (Fsp3) is 0.151. The van der Waals surface area contributed by atoms with Crippen molar-refractivity contribution in [1.29, 1.82) is 5.26 Å². The van der Waals surface area contributed by atoms with Crippen molar-refractivity contribution < 1.29 is 9.47 Å². The van der Waals surface area contributed by atoms with Gasteiger partial charge in [-0.25, -0.2) is 0 Å². The molecule has 274 valence electrons. The van der Waals surface area contributed by atoms with Gasteiger partial charge in [-0.05, 0) is 130 Å². The Hall–Kier alpha value is -6.57. The first kappa shape index (κ1) is 34.9. The summed E-state index contributed by atoms with van der Waals surface area (Å²) in [5, 5.41) is 15.2. The lowest BCUT2D eigenvalue weighted by Gasteiger charge is -2.35. The monoisotopic (exact) mass is 735 g/mol. The predicted molar refractivity (Wildman–Crippen MR) is 238 cm³/mol. The van der Waals surface area contributed by atoms with Crippen molar-refractivity contribution in [2.75, 3.05) is 0 Å². The maximum absolute atomic E-state index is 10.5. The molecule has 0 aromatic heterocycles. The molecule has 0 fully saturated rings. The highest BCUT2D eigenvalue weighted by atomic mass is 16.5. The standard InChI is InChI=1S/C53H42BNO2/c1-52(2,3)37-20-22-43-45(29-37)56-47-27-35(28-48-51(47)54(43)44-23-21-38(53(4,5)6)30-46(44)57-48)34-24-32(31-55)25-36(26-34)50-41-18-12-10-16-39(41)49(33-14-8-7-9-15-33)40-17-11-13-19-42(40)50/h7-30H,1-6H3. The molecular weight excluding hydrogens is 693 g/mol. The Balaban J connectivity index is 1.20. The molecule has 57 heavy (non-hydrogen) atoms. The second kappa shape index (κ2) is 12.7. The lowest BCUT2D eigenvalue weighted by molar-refractivity contribution is 0.461. The van der Waals surface area contributed by atoms with E-state index in [1.165, 1.54) is 33.0 Å². The van der Waals surface area contributed by atoms with E-state index in [0.717, 1.165) is 72.4 Å². The molecule has 8 aromatic carbocycles. The fourth-order valence-electron chi connectivity index (χ4n) is 8.95. The number of rotatable bonds is 3. The van der Waals surface area contributed by atoms with Gasteiger partial charge in [-0.15, -0.1) is 0 Å². The quantitative estimate of drug-likeness (QED) is 0.134. The minimum Gasteiger partial charge on any atom is -0.458 e. The summed E-state index contributed by atoms with van der Waals surface area (Å²) < 4.78 is 13.8. The number of nitriles is 1. The van der Waals surface area contributed by atoms with Crippen LogP contribution in [0.25, 0.3) is 54.9 Å². The van der Waals surface area contributed by atoms with Crippen molar-refractivity contribution in [1.82, 2.24) is 0 Å². The largest absolute Gasteiger partial charge is 0.458 e. The normalized spacial score (nSPS) is 13.0. The second-order valence-electron chi connectivity index (χ2n) is 17.6. The molecule has 3 nitrogen and oxygen atoms in total. The van der Waals surface area contributed by atoms with E-state index >= 15 is 0 Å². The topological polar surface area (TPSA) is 42.2 Å². The number of nitrogens with zero attached hydrogens (tertiary/aromatic N) is 1. The van der Waals surface area contributed by atoms with Crippen LogP contribution in [0.5, 0.6) is 23.0 Å². The summed E-state index contributed by atoms with van der Waals surface area (Å²) in [4.78, 5) is 0. The highest BCUT2D eigenvalue weighted by Crippen LogP contribution is 2.46. The molecule has 0 bridgehead atoms. The summed E-state index contributed by atoms with van der Waals surface area (Å²) >= 11 is 0. The molecule has 0 spiro atoms. The Morgan fingerprint density at radius 2 is 0.877 bits per heavy atom. The van der Waals surface area contributed by atoms with Gasteiger partial charge < -0.3 is 9.47 Å². The average Bonchev–Trinajstić information content (AvgIpc) is 3.21. The highest BCUT2D eigenvalue weighted by molar-refractivity contribution is 6.98. The first-order valence-corrected chi connectivity index (χ1v) is 19.8. The van der Waals surface area contributed by atoms with E-state index in [1.54, 1.807) is 0 Å². The van der Waals surface area contributed by atoms with E-state index in [4.69, 9.17) is 9.47 Å². The van der Waals surface area contributed by atoms with Crippen molar-refractivity contribution in [3.63, 3.8) is 0 Å². The summed E-state index contributed by atoms with van der Waals surface area (Å²) in [6, 6.07) is 54.3. The first-order valence-electron chi connectivity index (χ1n) is 19.8. The molecule has 0 radical (unpaired) electrons. The summed E-state index contributed by atoms with van der Waals surface area (Å²) in [7, 11) is 0. The van der Waals surface area contributed by atoms with Crippen LogP contribution < -0.4 is 25.9 Å². The number of hydrogen-bond acceptors (Lipinski definition) is 3. The Labute approximate surface area is 335 Å². The van der Waals surface area contributed by atoms with E-state index in [0.29, 0.717) is 5.56 Å². The molecule has 2 heterocycles. The number of fused-ring (bicyclic) bond motifs is 6. The molecule has 0 saturated carbocycles. The Kier molecular flexibility index (Phi) is 7.79. The van der Waals surface area contributed by atoms with E-state index < -0.39 is 0 Å².